The molecule has 1 aromatic heterocycles. The van der Waals surface area contributed by atoms with Crippen LogP contribution >= 0.6 is 22.6 Å². The van der Waals surface area contributed by atoms with E-state index in [2.05, 4.69) is 4.98 Å². The second-order valence-corrected chi connectivity index (χ2v) is 3.41. The normalized spacial score (nSPS) is 10.8. The van der Waals surface area contributed by atoms with Gasteiger partial charge in [0.2, 0.25) is 0 Å². The van der Waals surface area contributed by atoms with Gasteiger partial charge < -0.3 is 4.98 Å². The molecular formula is C7H6F2INO. The minimum atomic E-state index is -2.71. The summed E-state index contributed by atoms with van der Waals surface area (Å²) >= 11 is 1.75. The average Bonchev–Trinajstić information content (AvgIpc) is 1.97. The summed E-state index contributed by atoms with van der Waals surface area (Å²) in [6.45, 7) is 1.67. The van der Waals surface area contributed by atoms with Crippen molar-refractivity contribution in [3.63, 3.8) is 0 Å². The summed E-state index contributed by atoms with van der Waals surface area (Å²) in [4.78, 5) is 13.1. The lowest BCUT2D eigenvalue weighted by atomic mass is 10.2. The largest absolute Gasteiger partial charge is 0.328 e. The number of hydrogen-bond acceptors (Lipinski definition) is 1. The monoisotopic (exact) mass is 285 g/mol. The summed E-state index contributed by atoms with van der Waals surface area (Å²) in [7, 11) is 0. The second kappa shape index (κ2) is 3.51. The molecule has 0 saturated heterocycles. The Morgan fingerprint density at radius 2 is 2.17 bits per heavy atom. The molecule has 0 saturated carbocycles. The van der Waals surface area contributed by atoms with Gasteiger partial charge in [0, 0.05) is 9.77 Å². The third kappa shape index (κ3) is 1.65. The fourth-order valence-corrected chi connectivity index (χ4v) is 1.46. The van der Waals surface area contributed by atoms with Gasteiger partial charge in [-0.15, -0.1) is 0 Å². The highest BCUT2D eigenvalue weighted by Crippen LogP contribution is 2.22. The molecule has 0 bridgehead atoms. The van der Waals surface area contributed by atoms with Crippen LogP contribution < -0.4 is 5.56 Å². The van der Waals surface area contributed by atoms with E-state index in [0.717, 1.165) is 0 Å². The fraction of sp³-hybridized carbons (Fsp3) is 0.286. The van der Waals surface area contributed by atoms with E-state index in [9.17, 15) is 13.6 Å². The minimum absolute atomic E-state index is 0.339. The molecule has 0 spiro atoms. The van der Waals surface area contributed by atoms with E-state index >= 15 is 0 Å². The van der Waals surface area contributed by atoms with Gasteiger partial charge in [0.15, 0.2) is 0 Å². The Morgan fingerprint density at radius 3 is 2.58 bits per heavy atom. The number of rotatable bonds is 1. The molecule has 1 N–H and O–H groups in total. The number of pyridine rings is 1. The van der Waals surface area contributed by atoms with Gasteiger partial charge in [-0.25, -0.2) is 8.78 Å². The van der Waals surface area contributed by atoms with Crippen molar-refractivity contribution in [1.82, 2.24) is 4.98 Å². The van der Waals surface area contributed by atoms with Crippen LogP contribution in [0.2, 0.25) is 0 Å². The Morgan fingerprint density at radius 1 is 1.58 bits per heavy atom. The van der Waals surface area contributed by atoms with Gasteiger partial charge in [-0.3, -0.25) is 4.79 Å². The highest BCUT2D eigenvalue weighted by Gasteiger charge is 2.17. The highest BCUT2D eigenvalue weighted by atomic mass is 127. The van der Waals surface area contributed by atoms with Gasteiger partial charge >= 0.3 is 0 Å². The molecule has 1 heterocycles. The predicted molar refractivity (Wildman–Crippen MR) is 49.5 cm³/mol. The fourth-order valence-electron chi connectivity index (χ4n) is 0.822. The standard InChI is InChI=1S/C7H6F2INO/c1-3-2-11-7(12)4(5(3)10)6(8)9/h2,6H,1H3,(H,11,12). The molecule has 2 nitrogen and oxygen atoms in total. The molecule has 0 unspecified atom stereocenters. The van der Waals surface area contributed by atoms with E-state index in [0.29, 0.717) is 9.13 Å². The quantitative estimate of drug-likeness (QED) is 0.788. The maximum atomic E-state index is 12.2. The molecule has 5 heteroatoms. The van der Waals surface area contributed by atoms with Gasteiger partial charge in [-0.1, -0.05) is 0 Å². The van der Waals surface area contributed by atoms with Crippen LogP contribution in [0.15, 0.2) is 11.0 Å². The minimum Gasteiger partial charge on any atom is -0.328 e. The van der Waals surface area contributed by atoms with E-state index in [-0.39, 0.29) is 0 Å². The van der Waals surface area contributed by atoms with Crippen molar-refractivity contribution in [3.8, 4) is 0 Å². The van der Waals surface area contributed by atoms with Crippen LogP contribution in [0.1, 0.15) is 17.6 Å². The van der Waals surface area contributed by atoms with E-state index in [4.69, 9.17) is 0 Å². The number of alkyl halides is 2. The van der Waals surface area contributed by atoms with Crippen LogP contribution in [0.25, 0.3) is 0 Å². The summed E-state index contributed by atoms with van der Waals surface area (Å²) in [5.74, 6) is 0. The molecule has 0 aliphatic rings. The summed E-state index contributed by atoms with van der Waals surface area (Å²) in [6.07, 6.45) is -1.28. The Hall–Kier alpha value is -0.460. The molecule has 0 atom stereocenters. The predicted octanol–water partition coefficient (Wildman–Crippen LogP) is 2.23. The van der Waals surface area contributed by atoms with Gasteiger partial charge in [-0.2, -0.15) is 0 Å². The number of halogens is 3. The number of aromatic nitrogens is 1. The van der Waals surface area contributed by atoms with E-state index in [1.54, 1.807) is 29.5 Å². The van der Waals surface area contributed by atoms with Gasteiger partial charge in [0.25, 0.3) is 12.0 Å². The van der Waals surface area contributed by atoms with Gasteiger partial charge in [0.05, 0.1) is 5.56 Å². The number of hydrogen-bond donors (Lipinski definition) is 1. The lowest BCUT2D eigenvalue weighted by molar-refractivity contribution is 0.148. The zero-order valence-electron chi connectivity index (χ0n) is 6.20. The lowest BCUT2D eigenvalue weighted by Crippen LogP contribution is -2.15. The van der Waals surface area contributed by atoms with Crippen molar-refractivity contribution < 1.29 is 8.78 Å². The average molecular weight is 285 g/mol. The zero-order chi connectivity index (χ0) is 9.30. The van der Waals surface area contributed by atoms with Crippen molar-refractivity contribution in [2.75, 3.05) is 0 Å². The Kier molecular flexibility index (Phi) is 2.81. The SMILES string of the molecule is Cc1c[nH]c(=O)c(C(F)F)c1I. The number of aryl methyl sites for hydroxylation is 1. The summed E-state index contributed by atoms with van der Waals surface area (Å²) in [5, 5.41) is 0. The van der Waals surface area contributed by atoms with Crippen LogP contribution in [-0.4, -0.2) is 4.98 Å². The summed E-state index contributed by atoms with van der Waals surface area (Å²) in [6, 6.07) is 0. The van der Waals surface area contributed by atoms with Crippen molar-refractivity contribution in [2.24, 2.45) is 0 Å². The maximum absolute atomic E-state index is 12.2. The Bertz CT molecular complexity index is 348. The third-order valence-corrected chi connectivity index (χ3v) is 2.90. The summed E-state index contributed by atoms with van der Waals surface area (Å²) < 4.78 is 24.8. The molecule has 0 amide bonds. The van der Waals surface area contributed by atoms with Crippen LogP contribution in [-0.2, 0) is 0 Å². The topological polar surface area (TPSA) is 32.9 Å². The first kappa shape index (κ1) is 9.63. The lowest BCUT2D eigenvalue weighted by Gasteiger charge is -2.03. The molecule has 1 aromatic rings. The van der Waals surface area contributed by atoms with Crippen molar-refractivity contribution >= 4 is 22.6 Å². The number of aromatic amines is 1. The Balaban J connectivity index is 3.43. The zero-order valence-corrected chi connectivity index (χ0v) is 8.35. The molecule has 0 fully saturated rings. The van der Waals surface area contributed by atoms with Crippen LogP contribution in [0.4, 0.5) is 8.78 Å². The van der Waals surface area contributed by atoms with Crippen molar-refractivity contribution in [3.05, 3.63) is 31.2 Å². The first-order valence-corrected chi connectivity index (χ1v) is 4.27. The van der Waals surface area contributed by atoms with Crippen LogP contribution in [0.3, 0.4) is 0 Å². The van der Waals surface area contributed by atoms with Gasteiger partial charge in [-0.05, 0) is 35.1 Å². The van der Waals surface area contributed by atoms with Crippen molar-refractivity contribution in [2.45, 2.75) is 13.3 Å². The third-order valence-electron chi connectivity index (χ3n) is 1.47. The maximum Gasteiger partial charge on any atom is 0.270 e. The second-order valence-electron chi connectivity index (χ2n) is 2.33. The Labute approximate surface area is 81.1 Å². The number of H-pyrrole nitrogens is 1. The van der Waals surface area contributed by atoms with E-state index in [1.165, 1.54) is 6.20 Å². The van der Waals surface area contributed by atoms with E-state index < -0.39 is 17.5 Å². The van der Waals surface area contributed by atoms with Crippen molar-refractivity contribution in [1.29, 1.82) is 0 Å². The highest BCUT2D eigenvalue weighted by molar-refractivity contribution is 14.1. The van der Waals surface area contributed by atoms with Crippen LogP contribution in [0.5, 0.6) is 0 Å². The molecule has 0 aliphatic heterocycles. The smallest absolute Gasteiger partial charge is 0.270 e. The first-order valence-electron chi connectivity index (χ1n) is 3.20. The number of nitrogens with one attached hydrogen (secondary N) is 1. The summed E-state index contributed by atoms with van der Waals surface area (Å²) in [5.41, 5.74) is -0.485. The van der Waals surface area contributed by atoms with Gasteiger partial charge in [0.1, 0.15) is 0 Å². The van der Waals surface area contributed by atoms with E-state index in [1.807, 2.05) is 0 Å². The molecule has 66 valence electrons. The van der Waals surface area contributed by atoms with Crippen LogP contribution in [0, 0.1) is 10.5 Å². The molecule has 0 radical (unpaired) electrons. The molecular weight excluding hydrogens is 279 g/mol. The molecule has 0 aliphatic carbocycles. The molecule has 0 aromatic carbocycles. The first-order chi connectivity index (χ1) is 5.54. The molecule has 12 heavy (non-hydrogen) atoms. The molecule has 1 rings (SSSR count).